The number of nitrogens with one attached hydrogen (secondary N) is 1. The van der Waals surface area contributed by atoms with E-state index in [-0.39, 0.29) is 29.9 Å². The summed E-state index contributed by atoms with van der Waals surface area (Å²) in [6.45, 7) is 7.74. The highest BCUT2D eigenvalue weighted by Crippen LogP contribution is 2.41. The Hall–Kier alpha value is -2.82. The monoisotopic (exact) mass is 378 g/mol. The SMILES string of the molecule is Cc1cc(C)nc(CCC(=O)c2ccc([C@@H](C)[C@]3(C)CC(=O)NC3=O)cc2)c1. The fraction of sp³-hybridized carbons (Fsp3) is 0.391. The van der Waals surface area contributed by atoms with Crippen LogP contribution in [0.1, 0.15) is 65.5 Å². The molecule has 1 aromatic carbocycles. The minimum Gasteiger partial charge on any atom is -0.296 e. The van der Waals surface area contributed by atoms with Crippen molar-refractivity contribution in [3.8, 4) is 0 Å². The maximum atomic E-state index is 12.5. The summed E-state index contributed by atoms with van der Waals surface area (Å²) in [5, 5.41) is 2.39. The number of Topliss-reactive ketones (excluding diaryl/α,β-unsaturated/α-hetero) is 1. The van der Waals surface area contributed by atoms with Crippen LogP contribution < -0.4 is 5.32 Å². The fourth-order valence-corrected chi connectivity index (χ4v) is 3.84. The van der Waals surface area contributed by atoms with E-state index in [0.29, 0.717) is 18.4 Å². The van der Waals surface area contributed by atoms with Gasteiger partial charge in [-0.05, 0) is 56.4 Å². The van der Waals surface area contributed by atoms with Crippen molar-refractivity contribution in [1.29, 1.82) is 0 Å². The third-order valence-electron chi connectivity index (χ3n) is 5.75. The molecule has 1 N–H and O–H groups in total. The Morgan fingerprint density at radius 3 is 2.43 bits per heavy atom. The number of aryl methyl sites for hydroxylation is 3. The van der Waals surface area contributed by atoms with Crippen molar-refractivity contribution >= 4 is 17.6 Å². The van der Waals surface area contributed by atoms with Crippen LogP contribution in [0.25, 0.3) is 0 Å². The van der Waals surface area contributed by atoms with Crippen molar-refractivity contribution in [2.24, 2.45) is 5.41 Å². The zero-order chi connectivity index (χ0) is 20.5. The zero-order valence-electron chi connectivity index (χ0n) is 16.8. The van der Waals surface area contributed by atoms with Crippen LogP contribution in [0, 0.1) is 19.3 Å². The molecule has 0 saturated carbocycles. The summed E-state index contributed by atoms with van der Waals surface area (Å²) in [4.78, 5) is 40.8. The second kappa shape index (κ2) is 7.66. The molecule has 0 bridgehead atoms. The highest BCUT2D eigenvalue weighted by molar-refractivity contribution is 6.06. The summed E-state index contributed by atoms with van der Waals surface area (Å²) >= 11 is 0. The average Bonchev–Trinajstić information content (AvgIpc) is 2.91. The van der Waals surface area contributed by atoms with Gasteiger partial charge >= 0.3 is 0 Å². The average molecular weight is 378 g/mol. The number of carbonyl (C=O) groups excluding carboxylic acids is 3. The van der Waals surface area contributed by atoms with Gasteiger partial charge in [0.2, 0.25) is 11.8 Å². The van der Waals surface area contributed by atoms with Crippen LogP contribution in [0.3, 0.4) is 0 Å². The van der Waals surface area contributed by atoms with Crippen molar-refractivity contribution in [1.82, 2.24) is 10.3 Å². The minimum absolute atomic E-state index is 0.0696. The van der Waals surface area contributed by atoms with Gasteiger partial charge in [-0.15, -0.1) is 0 Å². The number of imide groups is 1. The number of benzene rings is 1. The molecular formula is C23H26N2O3. The fourth-order valence-electron chi connectivity index (χ4n) is 3.84. The lowest BCUT2D eigenvalue weighted by Gasteiger charge is -2.28. The highest BCUT2D eigenvalue weighted by Gasteiger charge is 2.46. The summed E-state index contributed by atoms with van der Waals surface area (Å²) < 4.78 is 0. The van der Waals surface area contributed by atoms with Crippen LogP contribution in [0.4, 0.5) is 0 Å². The summed E-state index contributed by atoms with van der Waals surface area (Å²) in [5.41, 5.74) is 3.88. The second-order valence-electron chi connectivity index (χ2n) is 8.02. The first-order chi connectivity index (χ1) is 13.2. The Balaban J connectivity index is 1.67. The molecule has 1 aliphatic heterocycles. The maximum Gasteiger partial charge on any atom is 0.233 e. The molecule has 1 aromatic heterocycles. The van der Waals surface area contributed by atoms with Gasteiger partial charge in [0, 0.05) is 29.8 Å². The van der Waals surface area contributed by atoms with Crippen LogP contribution >= 0.6 is 0 Å². The molecule has 5 nitrogen and oxygen atoms in total. The summed E-state index contributed by atoms with van der Waals surface area (Å²) in [6, 6.07) is 11.4. The highest BCUT2D eigenvalue weighted by atomic mass is 16.2. The van der Waals surface area contributed by atoms with Gasteiger partial charge in [-0.25, -0.2) is 0 Å². The van der Waals surface area contributed by atoms with Crippen molar-refractivity contribution < 1.29 is 14.4 Å². The molecule has 0 spiro atoms. The minimum atomic E-state index is -0.753. The van der Waals surface area contributed by atoms with Gasteiger partial charge in [0.1, 0.15) is 0 Å². The first-order valence-corrected chi connectivity index (χ1v) is 9.60. The molecule has 0 aliphatic carbocycles. The molecule has 2 heterocycles. The van der Waals surface area contributed by atoms with Gasteiger partial charge in [-0.1, -0.05) is 31.2 Å². The number of nitrogens with zero attached hydrogens (tertiary/aromatic N) is 1. The second-order valence-corrected chi connectivity index (χ2v) is 8.02. The Morgan fingerprint density at radius 1 is 1.18 bits per heavy atom. The predicted molar refractivity (Wildman–Crippen MR) is 107 cm³/mol. The third-order valence-corrected chi connectivity index (χ3v) is 5.75. The maximum absolute atomic E-state index is 12.5. The van der Waals surface area contributed by atoms with E-state index in [0.717, 1.165) is 22.5 Å². The molecule has 146 valence electrons. The number of hydrogen-bond acceptors (Lipinski definition) is 4. The number of ketones is 1. The van der Waals surface area contributed by atoms with Crippen LogP contribution in [0.5, 0.6) is 0 Å². The van der Waals surface area contributed by atoms with Crippen LogP contribution in [-0.4, -0.2) is 22.6 Å². The van der Waals surface area contributed by atoms with E-state index in [1.165, 1.54) is 0 Å². The molecule has 2 atom stereocenters. The number of pyridine rings is 1. The molecule has 2 aromatic rings. The quantitative estimate of drug-likeness (QED) is 0.615. The van der Waals surface area contributed by atoms with Gasteiger partial charge in [0.05, 0.1) is 5.41 Å². The third kappa shape index (κ3) is 4.03. The normalized spacial score (nSPS) is 20.1. The van der Waals surface area contributed by atoms with E-state index < -0.39 is 5.41 Å². The lowest BCUT2D eigenvalue weighted by atomic mass is 9.73. The van der Waals surface area contributed by atoms with E-state index in [4.69, 9.17) is 0 Å². The topological polar surface area (TPSA) is 76.1 Å². The molecule has 28 heavy (non-hydrogen) atoms. The van der Waals surface area contributed by atoms with E-state index >= 15 is 0 Å². The van der Waals surface area contributed by atoms with Crippen LogP contribution in [0.15, 0.2) is 36.4 Å². The van der Waals surface area contributed by atoms with Gasteiger partial charge in [0.25, 0.3) is 0 Å². The number of carbonyl (C=O) groups is 3. The standard InChI is InChI=1S/C23H26N2O3/c1-14-11-15(2)24-19(12-14)9-10-20(26)18-7-5-17(6-8-18)16(3)23(4)13-21(27)25-22(23)28/h5-8,11-12,16H,9-10,13H2,1-4H3,(H,25,27,28)/t16-,23+/m1/s1. The molecule has 2 amide bonds. The largest absolute Gasteiger partial charge is 0.296 e. The summed E-state index contributed by atoms with van der Waals surface area (Å²) in [6.07, 6.45) is 1.20. The molecule has 1 aliphatic rings. The number of rotatable bonds is 6. The summed E-state index contributed by atoms with van der Waals surface area (Å²) in [5.74, 6) is -0.514. The van der Waals surface area contributed by atoms with E-state index in [2.05, 4.69) is 10.3 Å². The molecule has 5 heteroatoms. The molecular weight excluding hydrogens is 352 g/mol. The molecule has 3 rings (SSSR count). The van der Waals surface area contributed by atoms with Gasteiger partial charge in [-0.3, -0.25) is 24.7 Å². The first-order valence-electron chi connectivity index (χ1n) is 9.60. The Bertz CT molecular complexity index is 913. The smallest absolute Gasteiger partial charge is 0.233 e. The molecule has 1 saturated heterocycles. The predicted octanol–water partition coefficient (Wildman–Crippen LogP) is 3.67. The van der Waals surface area contributed by atoms with Gasteiger partial charge in [-0.2, -0.15) is 0 Å². The van der Waals surface area contributed by atoms with E-state index in [1.807, 2.05) is 52.0 Å². The lowest BCUT2D eigenvalue weighted by Crippen LogP contribution is -2.33. The number of aromatic nitrogens is 1. The van der Waals surface area contributed by atoms with Gasteiger partial charge < -0.3 is 0 Å². The molecule has 0 radical (unpaired) electrons. The van der Waals surface area contributed by atoms with Crippen molar-refractivity contribution in [2.75, 3.05) is 0 Å². The number of amides is 2. The van der Waals surface area contributed by atoms with Crippen molar-refractivity contribution in [2.45, 2.75) is 52.9 Å². The zero-order valence-corrected chi connectivity index (χ0v) is 16.8. The molecule has 1 fully saturated rings. The van der Waals surface area contributed by atoms with E-state index in [1.54, 1.807) is 12.1 Å². The van der Waals surface area contributed by atoms with E-state index in [9.17, 15) is 14.4 Å². The first kappa shape index (κ1) is 19.9. The van der Waals surface area contributed by atoms with Crippen LogP contribution in [-0.2, 0) is 16.0 Å². The van der Waals surface area contributed by atoms with Gasteiger partial charge in [0.15, 0.2) is 5.78 Å². The Morgan fingerprint density at radius 2 is 1.86 bits per heavy atom. The Kier molecular flexibility index (Phi) is 5.45. The number of hydrogen-bond donors (Lipinski definition) is 1. The Labute approximate surface area is 165 Å². The van der Waals surface area contributed by atoms with Crippen LogP contribution in [0.2, 0.25) is 0 Å². The lowest BCUT2D eigenvalue weighted by molar-refractivity contribution is -0.128. The van der Waals surface area contributed by atoms with Crippen molar-refractivity contribution in [3.63, 3.8) is 0 Å². The summed E-state index contributed by atoms with van der Waals surface area (Å²) in [7, 11) is 0. The molecule has 0 unspecified atom stereocenters. The van der Waals surface area contributed by atoms with Crippen molar-refractivity contribution in [3.05, 3.63) is 64.5 Å².